The number of hydrazone groups is 1. The number of aromatic hydroxyl groups is 2. The summed E-state index contributed by atoms with van der Waals surface area (Å²) in [5, 5.41) is 32.4. The molecular weight excluding hydrogens is 308 g/mol. The Morgan fingerprint density at radius 2 is 1.96 bits per heavy atom. The Labute approximate surface area is 143 Å². The number of phenolic OH excluding ortho intramolecular Hbond substituents is 2. The van der Waals surface area contributed by atoms with Crippen molar-refractivity contribution in [2.75, 3.05) is 0 Å². The zero-order valence-corrected chi connectivity index (χ0v) is 14.2. The van der Waals surface area contributed by atoms with Crippen molar-refractivity contribution in [1.29, 1.82) is 0 Å². The number of carbonyl (C=O) groups is 1. The van der Waals surface area contributed by atoms with Crippen LogP contribution in [0.25, 0.3) is 0 Å². The minimum atomic E-state index is -0.456. The van der Waals surface area contributed by atoms with Gasteiger partial charge in [-0.25, -0.2) is 5.43 Å². The lowest BCUT2D eigenvalue weighted by Gasteiger charge is -2.09. The third-order valence-corrected chi connectivity index (χ3v) is 3.75. The number of carbonyl (C=O) groups excluding carboxylic acids is 1. The second-order valence-corrected chi connectivity index (χ2v) is 5.93. The number of unbranched alkanes of at least 4 members (excludes halogenated alkanes) is 4. The van der Waals surface area contributed by atoms with Gasteiger partial charge in [-0.05, 0) is 25.0 Å². The van der Waals surface area contributed by atoms with Gasteiger partial charge in [-0.1, -0.05) is 39.0 Å². The van der Waals surface area contributed by atoms with Gasteiger partial charge in [0.05, 0.1) is 12.3 Å². The Morgan fingerprint density at radius 1 is 1.21 bits per heavy atom. The second-order valence-electron chi connectivity index (χ2n) is 5.93. The first-order valence-corrected chi connectivity index (χ1v) is 8.55. The van der Waals surface area contributed by atoms with E-state index >= 15 is 0 Å². The van der Waals surface area contributed by atoms with Crippen LogP contribution >= 0.6 is 0 Å². The van der Waals surface area contributed by atoms with Crippen molar-refractivity contribution >= 4 is 12.1 Å². The molecule has 0 aromatic heterocycles. The molecule has 1 atom stereocenters. The highest BCUT2D eigenvalue weighted by molar-refractivity contribution is 5.85. The number of nitrogens with one attached hydrogen (secondary N) is 1. The maximum Gasteiger partial charge on any atom is 0.240 e. The van der Waals surface area contributed by atoms with Gasteiger partial charge in [-0.3, -0.25) is 4.79 Å². The molecule has 0 bridgehead atoms. The lowest BCUT2D eigenvalue weighted by molar-refractivity contribution is -0.121. The maximum atomic E-state index is 11.7. The SMILES string of the molecule is CCCCCCCC(O)CCC(=O)NN=Cc1ccc(O)cc1O. The van der Waals surface area contributed by atoms with E-state index in [1.54, 1.807) is 0 Å². The molecule has 4 N–H and O–H groups in total. The molecule has 0 heterocycles. The topological polar surface area (TPSA) is 102 Å². The first-order valence-electron chi connectivity index (χ1n) is 8.55. The minimum Gasteiger partial charge on any atom is -0.508 e. The molecule has 6 heteroatoms. The van der Waals surface area contributed by atoms with E-state index in [1.807, 2.05) is 0 Å². The largest absolute Gasteiger partial charge is 0.508 e. The van der Waals surface area contributed by atoms with Gasteiger partial charge >= 0.3 is 0 Å². The predicted molar refractivity (Wildman–Crippen MR) is 94.1 cm³/mol. The summed E-state index contributed by atoms with van der Waals surface area (Å²) in [5.41, 5.74) is 2.75. The number of amides is 1. The quantitative estimate of drug-likeness (QED) is 0.283. The summed E-state index contributed by atoms with van der Waals surface area (Å²) in [7, 11) is 0. The Bertz CT molecular complexity index is 532. The minimum absolute atomic E-state index is 0.0441. The zero-order valence-electron chi connectivity index (χ0n) is 14.2. The molecule has 6 nitrogen and oxygen atoms in total. The number of nitrogens with zero attached hydrogens (tertiary/aromatic N) is 1. The summed E-state index contributed by atoms with van der Waals surface area (Å²) < 4.78 is 0. The van der Waals surface area contributed by atoms with E-state index in [-0.39, 0.29) is 23.8 Å². The monoisotopic (exact) mass is 336 g/mol. The van der Waals surface area contributed by atoms with Gasteiger partial charge in [0.1, 0.15) is 11.5 Å². The zero-order chi connectivity index (χ0) is 17.8. The number of aliphatic hydroxyl groups excluding tert-OH is 1. The number of rotatable bonds is 11. The summed E-state index contributed by atoms with van der Waals surface area (Å²) in [6.45, 7) is 2.17. The number of hydrogen-bond donors (Lipinski definition) is 4. The highest BCUT2D eigenvalue weighted by Gasteiger charge is 2.07. The summed E-state index contributed by atoms with van der Waals surface area (Å²) >= 11 is 0. The van der Waals surface area contributed by atoms with Gasteiger partial charge in [-0.15, -0.1) is 0 Å². The molecule has 1 rings (SSSR count). The molecule has 0 aliphatic rings. The van der Waals surface area contributed by atoms with Crippen LogP contribution in [0.3, 0.4) is 0 Å². The Hall–Kier alpha value is -2.08. The van der Waals surface area contributed by atoms with Crippen molar-refractivity contribution in [3.05, 3.63) is 23.8 Å². The van der Waals surface area contributed by atoms with Crippen LogP contribution in [0, 0.1) is 0 Å². The van der Waals surface area contributed by atoms with Crippen molar-refractivity contribution < 1.29 is 20.1 Å². The van der Waals surface area contributed by atoms with Crippen molar-refractivity contribution in [2.24, 2.45) is 5.10 Å². The van der Waals surface area contributed by atoms with Crippen molar-refractivity contribution in [1.82, 2.24) is 5.43 Å². The second kappa shape index (κ2) is 11.5. The molecule has 1 aromatic rings. The number of benzene rings is 1. The number of hydrogen-bond acceptors (Lipinski definition) is 5. The molecule has 134 valence electrons. The molecule has 1 unspecified atom stereocenters. The van der Waals surface area contributed by atoms with E-state index in [4.69, 9.17) is 0 Å². The molecule has 0 fully saturated rings. The van der Waals surface area contributed by atoms with Crippen LogP contribution < -0.4 is 5.43 Å². The number of aliphatic hydroxyl groups is 1. The lowest BCUT2D eigenvalue weighted by Crippen LogP contribution is -2.19. The lowest BCUT2D eigenvalue weighted by atomic mass is 10.0. The van der Waals surface area contributed by atoms with E-state index in [1.165, 1.54) is 43.7 Å². The summed E-state index contributed by atoms with van der Waals surface area (Å²) in [4.78, 5) is 11.7. The molecule has 0 saturated carbocycles. The van der Waals surface area contributed by atoms with Crippen molar-refractivity contribution in [3.63, 3.8) is 0 Å². The normalized spacial score (nSPS) is 12.4. The van der Waals surface area contributed by atoms with Crippen LogP contribution in [-0.2, 0) is 4.79 Å². The van der Waals surface area contributed by atoms with Gasteiger partial charge in [0.25, 0.3) is 0 Å². The van der Waals surface area contributed by atoms with Gasteiger partial charge in [-0.2, -0.15) is 5.10 Å². The Balaban J connectivity index is 2.20. The maximum absolute atomic E-state index is 11.7. The Morgan fingerprint density at radius 3 is 2.67 bits per heavy atom. The van der Waals surface area contributed by atoms with Crippen LogP contribution in [0.1, 0.15) is 63.9 Å². The smallest absolute Gasteiger partial charge is 0.240 e. The molecule has 0 radical (unpaired) electrons. The van der Waals surface area contributed by atoms with Gasteiger partial charge < -0.3 is 15.3 Å². The first-order chi connectivity index (χ1) is 11.5. The molecule has 24 heavy (non-hydrogen) atoms. The summed E-state index contributed by atoms with van der Waals surface area (Å²) in [5.74, 6) is -0.446. The van der Waals surface area contributed by atoms with Crippen LogP contribution in [-0.4, -0.2) is 33.5 Å². The van der Waals surface area contributed by atoms with E-state index < -0.39 is 6.10 Å². The van der Waals surface area contributed by atoms with Crippen LogP contribution in [0.2, 0.25) is 0 Å². The van der Waals surface area contributed by atoms with Gasteiger partial charge in [0.15, 0.2) is 0 Å². The molecule has 0 spiro atoms. The molecule has 0 aliphatic heterocycles. The Kier molecular flexibility index (Phi) is 9.53. The van der Waals surface area contributed by atoms with Gasteiger partial charge in [0.2, 0.25) is 5.91 Å². The van der Waals surface area contributed by atoms with E-state index in [0.717, 1.165) is 19.3 Å². The summed E-state index contributed by atoms with van der Waals surface area (Å²) in [6, 6.07) is 4.10. The van der Waals surface area contributed by atoms with Gasteiger partial charge in [0, 0.05) is 18.1 Å². The fourth-order valence-corrected chi connectivity index (χ4v) is 2.30. The molecular formula is C18H28N2O4. The molecule has 0 aliphatic carbocycles. The summed E-state index contributed by atoms with van der Waals surface area (Å²) in [6.07, 6.45) is 7.93. The highest BCUT2D eigenvalue weighted by atomic mass is 16.3. The third kappa shape index (κ3) is 8.53. The number of phenols is 2. The third-order valence-electron chi connectivity index (χ3n) is 3.75. The molecule has 0 saturated heterocycles. The van der Waals surface area contributed by atoms with Crippen LogP contribution in [0.15, 0.2) is 23.3 Å². The van der Waals surface area contributed by atoms with E-state index in [2.05, 4.69) is 17.5 Å². The highest BCUT2D eigenvalue weighted by Crippen LogP contribution is 2.20. The fourth-order valence-electron chi connectivity index (χ4n) is 2.30. The molecule has 1 amide bonds. The van der Waals surface area contributed by atoms with E-state index in [9.17, 15) is 20.1 Å². The standard InChI is InChI=1S/C18H28N2O4/c1-2-3-4-5-6-7-15(21)10-11-18(24)20-19-13-14-8-9-16(22)12-17(14)23/h8-9,12-13,15,21-23H,2-7,10-11H2,1H3,(H,20,24). The first kappa shape index (κ1) is 20.0. The van der Waals surface area contributed by atoms with Crippen molar-refractivity contribution in [2.45, 2.75) is 64.4 Å². The van der Waals surface area contributed by atoms with Crippen LogP contribution in [0.4, 0.5) is 0 Å². The fraction of sp³-hybridized carbons (Fsp3) is 0.556. The molecule has 1 aromatic carbocycles. The average Bonchev–Trinajstić information content (AvgIpc) is 2.55. The van der Waals surface area contributed by atoms with Crippen molar-refractivity contribution in [3.8, 4) is 11.5 Å². The van der Waals surface area contributed by atoms with Crippen LogP contribution in [0.5, 0.6) is 11.5 Å². The predicted octanol–water partition coefficient (Wildman–Crippen LogP) is 3.05. The van der Waals surface area contributed by atoms with E-state index in [0.29, 0.717) is 12.0 Å². The average molecular weight is 336 g/mol.